The number of hydrogen-bond donors (Lipinski definition) is 1. The first-order valence-corrected chi connectivity index (χ1v) is 10.1. The first-order valence-electron chi connectivity index (χ1n) is 9.11. The van der Waals surface area contributed by atoms with Gasteiger partial charge in [0.05, 0.1) is 5.69 Å². The summed E-state index contributed by atoms with van der Waals surface area (Å²) in [5, 5.41) is 14.5. The van der Waals surface area contributed by atoms with Crippen molar-refractivity contribution < 1.29 is 5.11 Å². The van der Waals surface area contributed by atoms with Crippen molar-refractivity contribution in [3.05, 3.63) is 46.4 Å². The minimum Gasteiger partial charge on any atom is -0.396 e. The SMILES string of the molecule is O=c1c2c3n(c(SCCCO)nc-2nn1-c1ccccc1)CCCCC3. The maximum absolute atomic E-state index is 13.1. The first kappa shape index (κ1) is 17.3. The van der Waals surface area contributed by atoms with E-state index in [2.05, 4.69) is 9.67 Å². The molecule has 3 aliphatic rings. The van der Waals surface area contributed by atoms with Crippen LogP contribution in [0, 0.1) is 0 Å². The molecule has 0 fully saturated rings. The molecule has 0 saturated heterocycles. The molecular formula is C19H22N4O2S. The largest absolute Gasteiger partial charge is 0.396 e. The maximum Gasteiger partial charge on any atom is 0.284 e. The van der Waals surface area contributed by atoms with Gasteiger partial charge in [-0.15, -0.1) is 5.10 Å². The third-order valence-electron chi connectivity index (χ3n) is 4.70. The van der Waals surface area contributed by atoms with E-state index < -0.39 is 0 Å². The van der Waals surface area contributed by atoms with Gasteiger partial charge in [0.15, 0.2) is 11.0 Å². The number of aliphatic hydroxyl groups excluding tert-OH is 1. The van der Waals surface area contributed by atoms with Gasteiger partial charge in [0.2, 0.25) is 0 Å². The highest BCUT2D eigenvalue weighted by Crippen LogP contribution is 2.30. The number of nitrogens with zero attached hydrogens (tertiary/aromatic N) is 4. The summed E-state index contributed by atoms with van der Waals surface area (Å²) < 4.78 is 3.67. The zero-order chi connectivity index (χ0) is 17.9. The molecule has 0 aromatic heterocycles. The average molecular weight is 370 g/mol. The molecule has 0 amide bonds. The molecular weight excluding hydrogens is 348 g/mol. The zero-order valence-electron chi connectivity index (χ0n) is 14.6. The van der Waals surface area contributed by atoms with E-state index in [1.54, 1.807) is 11.8 Å². The number of aliphatic hydroxyl groups is 1. The molecule has 0 unspecified atom stereocenters. The van der Waals surface area contributed by atoms with Crippen LogP contribution in [0.5, 0.6) is 0 Å². The summed E-state index contributed by atoms with van der Waals surface area (Å²) in [4.78, 5) is 17.8. The summed E-state index contributed by atoms with van der Waals surface area (Å²) in [7, 11) is 0. The second-order valence-corrected chi connectivity index (χ2v) is 7.54. The monoisotopic (exact) mass is 370 g/mol. The van der Waals surface area contributed by atoms with Gasteiger partial charge in [-0.05, 0) is 37.8 Å². The Morgan fingerprint density at radius 1 is 1.15 bits per heavy atom. The molecule has 0 saturated carbocycles. The van der Waals surface area contributed by atoms with Crippen LogP contribution in [-0.4, -0.2) is 36.8 Å². The lowest BCUT2D eigenvalue weighted by molar-refractivity contribution is 0.296. The van der Waals surface area contributed by atoms with Crippen molar-refractivity contribution in [2.24, 2.45) is 0 Å². The van der Waals surface area contributed by atoms with Gasteiger partial charge in [0.25, 0.3) is 5.56 Å². The highest BCUT2D eigenvalue weighted by Gasteiger charge is 2.26. The number of para-hydroxylation sites is 1. The highest BCUT2D eigenvalue weighted by atomic mass is 32.2. The molecule has 136 valence electrons. The minimum atomic E-state index is -0.0868. The maximum atomic E-state index is 13.1. The molecule has 0 radical (unpaired) electrons. The fourth-order valence-electron chi connectivity index (χ4n) is 3.44. The van der Waals surface area contributed by atoms with Crippen LogP contribution in [0.15, 0.2) is 40.3 Å². The van der Waals surface area contributed by atoms with Gasteiger partial charge in [-0.3, -0.25) is 4.79 Å². The predicted molar refractivity (Wildman–Crippen MR) is 102 cm³/mol. The van der Waals surface area contributed by atoms with Crippen molar-refractivity contribution in [3.63, 3.8) is 0 Å². The van der Waals surface area contributed by atoms with Crippen molar-refractivity contribution >= 4 is 11.8 Å². The van der Waals surface area contributed by atoms with E-state index in [1.165, 1.54) is 4.68 Å². The summed E-state index contributed by atoms with van der Waals surface area (Å²) in [5.74, 6) is 1.33. The third kappa shape index (κ3) is 3.17. The average Bonchev–Trinajstić information content (AvgIpc) is 2.84. The molecule has 0 atom stereocenters. The molecule has 1 aromatic rings. The van der Waals surface area contributed by atoms with Gasteiger partial charge in [-0.1, -0.05) is 36.4 Å². The van der Waals surface area contributed by atoms with Gasteiger partial charge in [-0.2, -0.15) is 4.68 Å². The van der Waals surface area contributed by atoms with Gasteiger partial charge in [0.1, 0.15) is 5.56 Å². The van der Waals surface area contributed by atoms with E-state index >= 15 is 0 Å². The molecule has 4 rings (SSSR count). The number of aromatic nitrogens is 4. The number of rotatable bonds is 5. The standard InChI is InChI=1S/C19H22N4O2S/c24-12-7-13-26-19-20-17-16(15-10-5-2-6-11-22(15)19)18(25)23(21-17)14-8-3-1-4-9-14/h1,3-4,8-9,24H,2,5-7,10-13H2. The number of thioether (sulfide) groups is 1. The van der Waals surface area contributed by atoms with Crippen LogP contribution in [0.3, 0.4) is 0 Å². The molecule has 0 spiro atoms. The van der Waals surface area contributed by atoms with Crippen LogP contribution in [0.1, 0.15) is 31.4 Å². The van der Waals surface area contributed by atoms with E-state index in [0.717, 1.165) is 60.9 Å². The van der Waals surface area contributed by atoms with Crippen LogP contribution < -0.4 is 5.56 Å². The quantitative estimate of drug-likeness (QED) is 0.425. The van der Waals surface area contributed by atoms with Crippen molar-refractivity contribution in [2.45, 2.75) is 43.8 Å². The van der Waals surface area contributed by atoms with Crippen molar-refractivity contribution in [2.75, 3.05) is 12.4 Å². The summed E-state index contributed by atoms with van der Waals surface area (Å²) in [5.41, 5.74) is 2.39. The van der Waals surface area contributed by atoms with Gasteiger partial charge >= 0.3 is 0 Å². The molecule has 7 heteroatoms. The van der Waals surface area contributed by atoms with Gasteiger partial charge < -0.3 is 9.67 Å². The minimum absolute atomic E-state index is 0.0868. The van der Waals surface area contributed by atoms with Crippen LogP contribution in [0.4, 0.5) is 0 Å². The Labute approximate surface area is 156 Å². The Kier molecular flexibility index (Phi) is 5.08. The summed E-state index contributed by atoms with van der Waals surface area (Å²) in [6, 6.07) is 9.50. The molecule has 1 aromatic carbocycles. The second kappa shape index (κ2) is 7.63. The Balaban J connectivity index is 1.88. The normalized spacial score (nSPS) is 14.3. The Hall–Kier alpha value is -2.12. The molecule has 0 bridgehead atoms. The Morgan fingerprint density at radius 3 is 2.81 bits per heavy atom. The van der Waals surface area contributed by atoms with Crippen LogP contribution >= 0.6 is 11.8 Å². The highest BCUT2D eigenvalue weighted by molar-refractivity contribution is 7.99. The molecule has 3 heterocycles. The molecule has 0 aliphatic carbocycles. The first-order chi connectivity index (χ1) is 12.8. The van der Waals surface area contributed by atoms with Gasteiger partial charge in [0, 0.05) is 24.6 Å². The molecule has 6 nitrogen and oxygen atoms in total. The molecule has 1 N–H and O–H groups in total. The predicted octanol–water partition coefficient (Wildman–Crippen LogP) is 2.73. The van der Waals surface area contributed by atoms with E-state index in [0.29, 0.717) is 11.4 Å². The fraction of sp³-hybridized carbons (Fsp3) is 0.421. The van der Waals surface area contributed by atoms with E-state index in [9.17, 15) is 4.79 Å². The smallest absolute Gasteiger partial charge is 0.284 e. The Morgan fingerprint density at radius 2 is 2.00 bits per heavy atom. The van der Waals surface area contributed by atoms with E-state index in [1.807, 2.05) is 30.3 Å². The molecule has 3 aliphatic heterocycles. The lowest BCUT2D eigenvalue weighted by atomic mass is 10.1. The number of hydrogen-bond acceptors (Lipinski definition) is 5. The Bertz CT molecular complexity index is 919. The lowest BCUT2D eigenvalue weighted by Crippen LogP contribution is -2.19. The lowest BCUT2D eigenvalue weighted by Gasteiger charge is -2.17. The zero-order valence-corrected chi connectivity index (χ0v) is 15.4. The summed E-state index contributed by atoms with van der Waals surface area (Å²) >= 11 is 1.64. The van der Waals surface area contributed by atoms with E-state index in [4.69, 9.17) is 10.1 Å². The van der Waals surface area contributed by atoms with Crippen LogP contribution in [0.2, 0.25) is 0 Å². The van der Waals surface area contributed by atoms with Crippen molar-refractivity contribution in [1.29, 1.82) is 0 Å². The second-order valence-electron chi connectivity index (χ2n) is 6.48. The van der Waals surface area contributed by atoms with Crippen LogP contribution in [-0.2, 0) is 13.0 Å². The van der Waals surface area contributed by atoms with Crippen LogP contribution in [0.25, 0.3) is 17.1 Å². The topological polar surface area (TPSA) is 72.9 Å². The summed E-state index contributed by atoms with van der Waals surface area (Å²) in [6.45, 7) is 1.06. The van der Waals surface area contributed by atoms with Crippen molar-refractivity contribution in [3.8, 4) is 17.1 Å². The molecule has 26 heavy (non-hydrogen) atoms. The fourth-order valence-corrected chi connectivity index (χ4v) is 4.40. The number of fused-ring (bicyclic) bond motifs is 3. The third-order valence-corrected chi connectivity index (χ3v) is 5.76. The van der Waals surface area contributed by atoms with E-state index in [-0.39, 0.29) is 12.2 Å². The number of benzene rings is 1. The van der Waals surface area contributed by atoms with Gasteiger partial charge in [-0.25, -0.2) is 4.98 Å². The van der Waals surface area contributed by atoms with Crippen molar-refractivity contribution in [1.82, 2.24) is 19.3 Å². The summed E-state index contributed by atoms with van der Waals surface area (Å²) in [6.07, 6.45) is 4.94.